The zero-order valence-electron chi connectivity index (χ0n) is 17.3. The first-order chi connectivity index (χ1) is 14.6. The smallest absolute Gasteiger partial charge is 0.314 e. The van der Waals surface area contributed by atoms with Crippen LogP contribution in [-0.2, 0) is 24.3 Å². The number of fused-ring (bicyclic) bond motifs is 2. The van der Waals surface area contributed by atoms with Crippen molar-refractivity contribution in [3.63, 3.8) is 0 Å². The van der Waals surface area contributed by atoms with Gasteiger partial charge in [0.25, 0.3) is 0 Å². The summed E-state index contributed by atoms with van der Waals surface area (Å²) in [6, 6.07) is 16.2. The zero-order valence-corrected chi connectivity index (χ0v) is 17.3. The molecule has 0 aliphatic carbocycles. The number of amides is 3. The van der Waals surface area contributed by atoms with Crippen LogP contribution >= 0.6 is 0 Å². The molecule has 0 fully saturated rings. The highest BCUT2D eigenvalue weighted by Crippen LogP contribution is 2.23. The van der Waals surface area contributed by atoms with E-state index in [2.05, 4.69) is 46.8 Å². The number of hydrogen-bond donors (Lipinski definition) is 3. The van der Waals surface area contributed by atoms with Gasteiger partial charge >= 0.3 is 6.03 Å². The summed E-state index contributed by atoms with van der Waals surface area (Å²) >= 11 is 0. The maximum atomic E-state index is 12.4. The Morgan fingerprint density at radius 3 is 2.40 bits per heavy atom. The van der Waals surface area contributed by atoms with Crippen molar-refractivity contribution in [1.82, 2.24) is 20.5 Å². The molecule has 1 aromatic heterocycles. The number of carbonyl (C=O) groups excluding carboxylic acids is 2. The molecule has 4 rings (SSSR count). The highest BCUT2D eigenvalue weighted by molar-refractivity contribution is 5.84. The minimum Gasteiger partial charge on any atom is -0.358 e. The van der Waals surface area contributed by atoms with Crippen LogP contribution in [0.25, 0.3) is 10.9 Å². The molecule has 2 aromatic carbocycles. The average Bonchev–Trinajstić information content (AvgIpc) is 3.32. The Morgan fingerprint density at radius 2 is 1.63 bits per heavy atom. The first-order valence-corrected chi connectivity index (χ1v) is 10.5. The molecule has 6 nitrogen and oxygen atoms in total. The molecule has 0 saturated heterocycles. The molecular weight excluding hydrogens is 376 g/mol. The third kappa shape index (κ3) is 4.48. The van der Waals surface area contributed by atoms with Crippen LogP contribution in [0.3, 0.4) is 0 Å². The molecule has 3 amide bonds. The number of H-pyrrole nitrogens is 1. The van der Waals surface area contributed by atoms with Gasteiger partial charge in [-0.15, -0.1) is 0 Å². The number of aromatic amines is 1. The third-order valence-corrected chi connectivity index (χ3v) is 5.73. The molecule has 3 aromatic rings. The first kappa shape index (κ1) is 20.0. The number of aryl methyl sites for hydroxylation is 1. The fraction of sp³-hybridized carbons (Fsp3) is 0.333. The minimum atomic E-state index is -0.187. The van der Waals surface area contributed by atoms with Gasteiger partial charge in [-0.1, -0.05) is 42.5 Å². The van der Waals surface area contributed by atoms with Crippen molar-refractivity contribution in [2.45, 2.75) is 39.3 Å². The highest BCUT2D eigenvalue weighted by atomic mass is 16.2. The van der Waals surface area contributed by atoms with Crippen LogP contribution in [0.15, 0.2) is 48.5 Å². The van der Waals surface area contributed by atoms with E-state index in [1.807, 2.05) is 29.2 Å². The van der Waals surface area contributed by atoms with Crippen molar-refractivity contribution in [2.75, 3.05) is 13.1 Å². The maximum Gasteiger partial charge on any atom is 0.314 e. The second kappa shape index (κ2) is 9.03. The van der Waals surface area contributed by atoms with Gasteiger partial charge in [-0.2, -0.15) is 0 Å². The van der Waals surface area contributed by atoms with Crippen molar-refractivity contribution in [3.8, 4) is 0 Å². The molecule has 2 heterocycles. The first-order valence-electron chi connectivity index (χ1n) is 10.5. The van der Waals surface area contributed by atoms with Crippen molar-refractivity contribution < 1.29 is 9.59 Å². The van der Waals surface area contributed by atoms with Gasteiger partial charge in [-0.05, 0) is 42.5 Å². The lowest BCUT2D eigenvalue weighted by molar-refractivity contribution is -0.131. The molecule has 0 saturated carbocycles. The molecule has 0 unspecified atom stereocenters. The number of hydrogen-bond acceptors (Lipinski definition) is 2. The summed E-state index contributed by atoms with van der Waals surface area (Å²) in [6.45, 7) is 4.50. The monoisotopic (exact) mass is 404 g/mol. The highest BCUT2D eigenvalue weighted by Gasteiger charge is 2.22. The van der Waals surface area contributed by atoms with E-state index in [4.69, 9.17) is 0 Å². The van der Waals surface area contributed by atoms with Gasteiger partial charge in [0.05, 0.1) is 0 Å². The quantitative estimate of drug-likeness (QED) is 0.526. The van der Waals surface area contributed by atoms with E-state index in [1.165, 1.54) is 22.1 Å². The van der Waals surface area contributed by atoms with Gasteiger partial charge in [0, 0.05) is 49.2 Å². The summed E-state index contributed by atoms with van der Waals surface area (Å²) in [7, 11) is 0. The number of rotatable bonds is 7. The van der Waals surface area contributed by atoms with E-state index in [9.17, 15) is 9.59 Å². The number of urea groups is 1. The lowest BCUT2D eigenvalue weighted by Gasteiger charge is -2.15. The lowest BCUT2D eigenvalue weighted by atomic mass is 10.1. The van der Waals surface area contributed by atoms with Crippen LogP contribution in [-0.4, -0.2) is 34.9 Å². The van der Waals surface area contributed by atoms with Crippen molar-refractivity contribution >= 4 is 22.8 Å². The Balaban J connectivity index is 1.14. The Labute approximate surface area is 176 Å². The molecule has 0 atom stereocenters. The Hall–Kier alpha value is -3.28. The summed E-state index contributed by atoms with van der Waals surface area (Å²) in [5.41, 5.74) is 5.96. The van der Waals surface area contributed by atoms with Gasteiger partial charge < -0.3 is 20.5 Å². The summed E-state index contributed by atoms with van der Waals surface area (Å²) in [5, 5.41) is 6.97. The molecule has 0 radical (unpaired) electrons. The number of carbonyl (C=O) groups is 2. The van der Waals surface area contributed by atoms with Gasteiger partial charge in [-0.25, -0.2) is 4.79 Å². The van der Waals surface area contributed by atoms with Crippen molar-refractivity contribution in [2.24, 2.45) is 0 Å². The predicted octanol–water partition coefficient (Wildman–Crippen LogP) is 3.64. The number of benzene rings is 2. The zero-order chi connectivity index (χ0) is 20.9. The minimum absolute atomic E-state index is 0.142. The summed E-state index contributed by atoms with van der Waals surface area (Å²) in [5.74, 6) is 0.142. The number of nitrogens with zero attached hydrogens (tertiary/aromatic N) is 1. The second-order valence-corrected chi connectivity index (χ2v) is 7.83. The average molecular weight is 405 g/mol. The fourth-order valence-electron chi connectivity index (χ4n) is 4.13. The summed E-state index contributed by atoms with van der Waals surface area (Å²) in [6.07, 6.45) is 1.86. The second-order valence-electron chi connectivity index (χ2n) is 7.83. The number of nitrogens with one attached hydrogen (secondary N) is 3. The molecule has 6 heteroatoms. The largest absolute Gasteiger partial charge is 0.358 e. The molecule has 30 heavy (non-hydrogen) atoms. The number of aromatic nitrogens is 1. The third-order valence-electron chi connectivity index (χ3n) is 5.73. The van der Waals surface area contributed by atoms with E-state index < -0.39 is 0 Å². The van der Waals surface area contributed by atoms with E-state index in [-0.39, 0.29) is 11.9 Å². The van der Waals surface area contributed by atoms with Gasteiger partial charge in [0.1, 0.15) is 0 Å². The van der Waals surface area contributed by atoms with Crippen LogP contribution in [0.1, 0.15) is 35.2 Å². The fourth-order valence-corrected chi connectivity index (χ4v) is 4.13. The summed E-state index contributed by atoms with van der Waals surface area (Å²) < 4.78 is 0. The number of para-hydroxylation sites is 1. The SMILES string of the molecule is Cc1[nH]c2ccccc2c1CCNC(=O)NCCCC(=O)N1Cc2ccccc2C1. The van der Waals surface area contributed by atoms with E-state index in [0.717, 1.165) is 17.6 Å². The molecule has 3 N–H and O–H groups in total. The van der Waals surface area contributed by atoms with Gasteiger partial charge in [0.2, 0.25) is 5.91 Å². The van der Waals surface area contributed by atoms with Crippen LogP contribution in [0, 0.1) is 6.92 Å². The van der Waals surface area contributed by atoms with Gasteiger partial charge in [0.15, 0.2) is 0 Å². The van der Waals surface area contributed by atoms with Crippen molar-refractivity contribution in [3.05, 3.63) is 70.9 Å². The van der Waals surface area contributed by atoms with Crippen molar-refractivity contribution in [1.29, 1.82) is 0 Å². The molecule has 1 aliphatic rings. The van der Waals surface area contributed by atoms with Crippen LogP contribution in [0.5, 0.6) is 0 Å². The molecule has 1 aliphatic heterocycles. The molecule has 0 bridgehead atoms. The Bertz CT molecular complexity index is 1030. The molecule has 0 spiro atoms. The Morgan fingerprint density at radius 1 is 0.967 bits per heavy atom. The van der Waals surface area contributed by atoms with Gasteiger partial charge in [-0.3, -0.25) is 4.79 Å². The van der Waals surface area contributed by atoms with E-state index in [0.29, 0.717) is 39.0 Å². The molecular formula is C24H28N4O2. The van der Waals surface area contributed by atoms with Crippen LogP contribution in [0.4, 0.5) is 4.79 Å². The summed E-state index contributed by atoms with van der Waals surface area (Å²) in [4.78, 5) is 29.7. The van der Waals surface area contributed by atoms with E-state index in [1.54, 1.807) is 0 Å². The van der Waals surface area contributed by atoms with Crippen LogP contribution < -0.4 is 10.6 Å². The standard InChI is InChI=1S/C24H28N4O2/c1-17-20(21-9-4-5-10-22(21)27-17)12-14-26-24(30)25-13-6-11-23(29)28-15-18-7-2-3-8-19(18)16-28/h2-5,7-10,27H,6,11-16H2,1H3,(H2,25,26,30). The molecule has 156 valence electrons. The Kier molecular flexibility index (Phi) is 6.02. The maximum absolute atomic E-state index is 12.4. The van der Waals surface area contributed by atoms with Crippen LogP contribution in [0.2, 0.25) is 0 Å². The normalized spacial score (nSPS) is 12.8. The topological polar surface area (TPSA) is 77.2 Å². The van der Waals surface area contributed by atoms with E-state index >= 15 is 0 Å². The predicted molar refractivity (Wildman–Crippen MR) is 118 cm³/mol. The lowest BCUT2D eigenvalue weighted by Crippen LogP contribution is -2.37.